The average Bonchev–Trinajstić information content (AvgIpc) is 2.96. The Kier molecular flexibility index (Phi) is 2.21. The highest BCUT2D eigenvalue weighted by Crippen LogP contribution is 2.32. The van der Waals surface area contributed by atoms with Crippen LogP contribution in [-0.2, 0) is 0 Å². The summed E-state index contributed by atoms with van der Waals surface area (Å²) in [4.78, 5) is 3.46. The van der Waals surface area contributed by atoms with E-state index in [1.54, 1.807) is 7.11 Å². The summed E-state index contributed by atoms with van der Waals surface area (Å²) in [6, 6.07) is 8.32. The molecule has 16 heavy (non-hydrogen) atoms. The van der Waals surface area contributed by atoms with Crippen molar-refractivity contribution in [3.05, 3.63) is 36.0 Å². The molecule has 0 spiro atoms. The van der Waals surface area contributed by atoms with Gasteiger partial charge >= 0.3 is 0 Å². The maximum Gasteiger partial charge on any atom is 0.128 e. The fourth-order valence-corrected chi connectivity index (χ4v) is 2.39. The van der Waals surface area contributed by atoms with E-state index in [0.29, 0.717) is 0 Å². The van der Waals surface area contributed by atoms with Gasteiger partial charge in [0.1, 0.15) is 5.75 Å². The van der Waals surface area contributed by atoms with Gasteiger partial charge in [0, 0.05) is 16.6 Å². The molecular formula is C14H15NO. The number of hydrogen-bond donors (Lipinski definition) is 1. The van der Waals surface area contributed by atoms with Crippen LogP contribution in [0.4, 0.5) is 0 Å². The molecule has 0 aliphatic heterocycles. The molecule has 1 aliphatic carbocycles. The highest BCUT2D eigenvalue weighted by molar-refractivity contribution is 5.89. The minimum absolute atomic E-state index is 0.943. The molecule has 82 valence electrons. The maximum absolute atomic E-state index is 5.36. The normalized spacial score (nSPS) is 15.4. The van der Waals surface area contributed by atoms with Crippen LogP contribution >= 0.6 is 0 Å². The standard InChI is InChI=1S/C14H15NO/c1-16-14-8-4-7-12-11(14)9-13(15-12)10-5-2-3-6-10/h4-5,7-9,15H,2-3,6H2,1H3. The van der Waals surface area contributed by atoms with Crippen LogP contribution < -0.4 is 4.74 Å². The second-order valence-electron chi connectivity index (χ2n) is 4.23. The number of methoxy groups -OCH3 is 1. The largest absolute Gasteiger partial charge is 0.496 e. The van der Waals surface area contributed by atoms with Crippen LogP contribution in [0.15, 0.2) is 30.3 Å². The van der Waals surface area contributed by atoms with Gasteiger partial charge in [0.15, 0.2) is 0 Å². The number of rotatable bonds is 2. The van der Waals surface area contributed by atoms with E-state index in [4.69, 9.17) is 4.74 Å². The zero-order chi connectivity index (χ0) is 11.0. The molecule has 1 aliphatic rings. The molecule has 0 bridgehead atoms. The SMILES string of the molecule is COc1cccc2[nH]c(C3=CCCC3)cc12. The zero-order valence-corrected chi connectivity index (χ0v) is 9.42. The summed E-state index contributed by atoms with van der Waals surface area (Å²) in [6.07, 6.45) is 6.01. The second kappa shape index (κ2) is 3.71. The Bertz CT molecular complexity index is 551. The number of allylic oxidation sites excluding steroid dienone is 2. The first-order valence-corrected chi connectivity index (χ1v) is 5.73. The van der Waals surface area contributed by atoms with Gasteiger partial charge in [0.05, 0.1) is 7.11 Å². The van der Waals surface area contributed by atoms with Gasteiger partial charge in [-0.25, -0.2) is 0 Å². The number of ether oxygens (including phenoxy) is 1. The summed E-state index contributed by atoms with van der Waals surface area (Å²) < 4.78 is 5.36. The van der Waals surface area contributed by atoms with Crippen LogP contribution in [0.5, 0.6) is 5.75 Å². The fraction of sp³-hybridized carbons (Fsp3) is 0.286. The van der Waals surface area contributed by atoms with Crippen LogP contribution in [0.2, 0.25) is 0 Å². The lowest BCUT2D eigenvalue weighted by molar-refractivity contribution is 0.420. The second-order valence-corrected chi connectivity index (χ2v) is 4.23. The quantitative estimate of drug-likeness (QED) is 0.807. The summed E-state index contributed by atoms with van der Waals surface area (Å²) in [5, 5.41) is 1.17. The topological polar surface area (TPSA) is 25.0 Å². The molecule has 0 unspecified atom stereocenters. The van der Waals surface area contributed by atoms with Crippen molar-refractivity contribution >= 4 is 16.5 Å². The number of fused-ring (bicyclic) bond motifs is 1. The Labute approximate surface area is 94.9 Å². The molecule has 1 N–H and O–H groups in total. The third-order valence-electron chi connectivity index (χ3n) is 3.23. The summed E-state index contributed by atoms with van der Waals surface area (Å²) in [5.41, 5.74) is 3.84. The summed E-state index contributed by atoms with van der Waals surface area (Å²) in [7, 11) is 1.72. The van der Waals surface area contributed by atoms with Crippen molar-refractivity contribution in [2.24, 2.45) is 0 Å². The van der Waals surface area contributed by atoms with E-state index in [0.717, 1.165) is 11.3 Å². The molecule has 1 aromatic heterocycles. The van der Waals surface area contributed by atoms with Gasteiger partial charge in [-0.2, -0.15) is 0 Å². The highest BCUT2D eigenvalue weighted by Gasteiger charge is 2.11. The number of benzene rings is 1. The predicted octanol–water partition coefficient (Wildman–Crippen LogP) is 3.74. The predicted molar refractivity (Wildman–Crippen MR) is 66.7 cm³/mol. The van der Waals surface area contributed by atoms with Crippen molar-refractivity contribution in [3.63, 3.8) is 0 Å². The molecule has 0 atom stereocenters. The number of aromatic amines is 1. The summed E-state index contributed by atoms with van der Waals surface area (Å²) >= 11 is 0. The summed E-state index contributed by atoms with van der Waals surface area (Å²) in [6.45, 7) is 0. The Morgan fingerprint density at radius 1 is 1.31 bits per heavy atom. The molecule has 0 radical (unpaired) electrons. The van der Waals surface area contributed by atoms with Crippen molar-refractivity contribution in [1.82, 2.24) is 4.98 Å². The average molecular weight is 213 g/mol. The van der Waals surface area contributed by atoms with Crippen LogP contribution in [0.25, 0.3) is 16.5 Å². The number of H-pyrrole nitrogens is 1. The molecule has 1 aromatic carbocycles. The maximum atomic E-state index is 5.36. The van der Waals surface area contributed by atoms with Gasteiger partial charge in [0.25, 0.3) is 0 Å². The van der Waals surface area contributed by atoms with E-state index in [1.165, 1.54) is 35.9 Å². The highest BCUT2D eigenvalue weighted by atomic mass is 16.5. The van der Waals surface area contributed by atoms with E-state index in [2.05, 4.69) is 23.2 Å². The van der Waals surface area contributed by atoms with Crippen molar-refractivity contribution in [3.8, 4) is 5.75 Å². The molecule has 2 nitrogen and oxygen atoms in total. The summed E-state index contributed by atoms with van der Waals surface area (Å²) in [5.74, 6) is 0.943. The van der Waals surface area contributed by atoms with Gasteiger partial charge in [-0.15, -0.1) is 0 Å². The third kappa shape index (κ3) is 1.42. The first-order valence-electron chi connectivity index (χ1n) is 5.73. The Balaban J connectivity index is 2.15. The van der Waals surface area contributed by atoms with E-state index in [-0.39, 0.29) is 0 Å². The molecule has 0 fully saturated rings. The molecule has 0 amide bonds. The van der Waals surface area contributed by atoms with Crippen LogP contribution in [0.3, 0.4) is 0 Å². The van der Waals surface area contributed by atoms with E-state index >= 15 is 0 Å². The molecule has 2 aromatic rings. The number of nitrogens with one attached hydrogen (secondary N) is 1. The first-order chi connectivity index (χ1) is 7.88. The Morgan fingerprint density at radius 2 is 2.25 bits per heavy atom. The fourth-order valence-electron chi connectivity index (χ4n) is 2.39. The van der Waals surface area contributed by atoms with Crippen molar-refractivity contribution in [2.45, 2.75) is 19.3 Å². The van der Waals surface area contributed by atoms with Crippen LogP contribution in [0.1, 0.15) is 25.0 Å². The number of aromatic nitrogens is 1. The van der Waals surface area contributed by atoms with Gasteiger partial charge in [-0.05, 0) is 43.0 Å². The van der Waals surface area contributed by atoms with Gasteiger partial charge in [-0.3, -0.25) is 0 Å². The van der Waals surface area contributed by atoms with Crippen molar-refractivity contribution in [1.29, 1.82) is 0 Å². The lowest BCUT2D eigenvalue weighted by atomic mass is 10.1. The molecule has 0 saturated heterocycles. The Hall–Kier alpha value is -1.70. The molecular weight excluding hydrogens is 198 g/mol. The van der Waals surface area contributed by atoms with E-state index < -0.39 is 0 Å². The first kappa shape index (κ1) is 9.52. The Morgan fingerprint density at radius 3 is 3.00 bits per heavy atom. The lowest BCUT2D eigenvalue weighted by Crippen LogP contribution is -1.81. The molecule has 2 heteroatoms. The molecule has 0 saturated carbocycles. The van der Waals surface area contributed by atoms with Gasteiger partial charge < -0.3 is 9.72 Å². The van der Waals surface area contributed by atoms with Crippen molar-refractivity contribution in [2.75, 3.05) is 7.11 Å². The van der Waals surface area contributed by atoms with Gasteiger partial charge in [0.2, 0.25) is 0 Å². The third-order valence-corrected chi connectivity index (χ3v) is 3.23. The lowest BCUT2D eigenvalue weighted by Gasteiger charge is -1.99. The van der Waals surface area contributed by atoms with Crippen molar-refractivity contribution < 1.29 is 4.74 Å². The number of hydrogen-bond acceptors (Lipinski definition) is 1. The van der Waals surface area contributed by atoms with Gasteiger partial charge in [-0.1, -0.05) is 12.1 Å². The van der Waals surface area contributed by atoms with E-state index in [9.17, 15) is 0 Å². The van der Waals surface area contributed by atoms with Crippen LogP contribution in [-0.4, -0.2) is 12.1 Å². The van der Waals surface area contributed by atoms with Crippen LogP contribution in [0, 0.1) is 0 Å². The smallest absolute Gasteiger partial charge is 0.128 e. The zero-order valence-electron chi connectivity index (χ0n) is 9.42. The van der Waals surface area contributed by atoms with E-state index in [1.807, 2.05) is 12.1 Å². The molecule has 1 heterocycles. The molecule has 3 rings (SSSR count). The minimum Gasteiger partial charge on any atom is -0.496 e. The minimum atomic E-state index is 0.943. The monoisotopic (exact) mass is 213 g/mol.